The third-order valence-electron chi connectivity index (χ3n) is 3.32. The first kappa shape index (κ1) is 13.9. The maximum absolute atomic E-state index is 5.37. The van der Waals surface area contributed by atoms with Gasteiger partial charge in [0.05, 0.1) is 13.2 Å². The Morgan fingerprint density at radius 1 is 1.22 bits per heavy atom. The standard InChI is InChI=1S/C15H23NOS/c1-14(7-8-16-9-11-17-12-10-16)13-18-15-5-3-2-4-6-15/h2-6,14H,7-13H2,1H3/t14-/m0/s1. The maximum Gasteiger partial charge on any atom is 0.0594 e. The van der Waals surface area contributed by atoms with Gasteiger partial charge in [0.15, 0.2) is 0 Å². The molecule has 0 amide bonds. The van der Waals surface area contributed by atoms with Crippen LogP contribution in [-0.4, -0.2) is 43.5 Å². The molecule has 0 N–H and O–H groups in total. The van der Waals surface area contributed by atoms with Gasteiger partial charge in [0.25, 0.3) is 0 Å². The van der Waals surface area contributed by atoms with Crippen molar-refractivity contribution >= 4 is 11.8 Å². The second-order valence-electron chi connectivity index (χ2n) is 4.97. The molecule has 1 heterocycles. The first-order valence-corrected chi connectivity index (χ1v) is 7.81. The lowest BCUT2D eigenvalue weighted by Gasteiger charge is -2.27. The molecule has 0 saturated carbocycles. The molecule has 100 valence electrons. The molecule has 2 rings (SSSR count). The Balaban J connectivity index is 1.61. The fraction of sp³-hybridized carbons (Fsp3) is 0.600. The average molecular weight is 265 g/mol. The molecule has 2 nitrogen and oxygen atoms in total. The van der Waals surface area contributed by atoms with E-state index >= 15 is 0 Å². The largest absolute Gasteiger partial charge is 0.379 e. The predicted molar refractivity (Wildman–Crippen MR) is 78.2 cm³/mol. The Labute approximate surface area is 115 Å². The lowest BCUT2D eigenvalue weighted by Crippen LogP contribution is -2.37. The van der Waals surface area contributed by atoms with Crippen LogP contribution >= 0.6 is 11.8 Å². The smallest absolute Gasteiger partial charge is 0.0594 e. The molecular formula is C15H23NOS. The third-order valence-corrected chi connectivity index (χ3v) is 4.66. The van der Waals surface area contributed by atoms with E-state index in [9.17, 15) is 0 Å². The van der Waals surface area contributed by atoms with Crippen molar-refractivity contribution < 1.29 is 4.74 Å². The molecule has 0 aromatic heterocycles. The molecule has 1 aliphatic rings. The van der Waals surface area contributed by atoms with E-state index in [-0.39, 0.29) is 0 Å². The molecule has 1 atom stereocenters. The summed E-state index contributed by atoms with van der Waals surface area (Å²) in [6, 6.07) is 10.7. The van der Waals surface area contributed by atoms with Gasteiger partial charge in [-0.3, -0.25) is 4.90 Å². The van der Waals surface area contributed by atoms with E-state index in [0.717, 1.165) is 32.2 Å². The van der Waals surface area contributed by atoms with Crippen molar-refractivity contribution in [2.24, 2.45) is 5.92 Å². The van der Waals surface area contributed by atoms with Gasteiger partial charge in [0.1, 0.15) is 0 Å². The van der Waals surface area contributed by atoms with E-state index < -0.39 is 0 Å². The summed E-state index contributed by atoms with van der Waals surface area (Å²) in [6.07, 6.45) is 1.29. The van der Waals surface area contributed by atoms with Crippen molar-refractivity contribution in [1.29, 1.82) is 0 Å². The number of rotatable bonds is 6. The molecule has 3 heteroatoms. The van der Waals surface area contributed by atoms with Gasteiger partial charge < -0.3 is 4.74 Å². The van der Waals surface area contributed by atoms with E-state index in [0.29, 0.717) is 0 Å². The number of hydrogen-bond acceptors (Lipinski definition) is 3. The number of benzene rings is 1. The molecular weight excluding hydrogens is 242 g/mol. The quantitative estimate of drug-likeness (QED) is 0.733. The summed E-state index contributed by atoms with van der Waals surface area (Å²) in [5.74, 6) is 1.99. The van der Waals surface area contributed by atoms with Crippen LogP contribution in [0, 0.1) is 5.92 Å². The number of morpholine rings is 1. The normalized spacial score (nSPS) is 18.7. The second kappa shape index (κ2) is 7.82. The van der Waals surface area contributed by atoms with E-state index in [1.165, 1.54) is 23.6 Å². The summed E-state index contributed by atoms with van der Waals surface area (Å²) >= 11 is 1.97. The van der Waals surface area contributed by atoms with Gasteiger partial charge >= 0.3 is 0 Å². The number of nitrogens with zero attached hydrogens (tertiary/aromatic N) is 1. The molecule has 1 aromatic rings. The van der Waals surface area contributed by atoms with Crippen molar-refractivity contribution in [3.63, 3.8) is 0 Å². The highest BCUT2D eigenvalue weighted by atomic mass is 32.2. The fourth-order valence-corrected chi connectivity index (χ4v) is 3.06. The van der Waals surface area contributed by atoms with Crippen LogP contribution in [-0.2, 0) is 4.74 Å². The Kier molecular flexibility index (Phi) is 6.05. The summed E-state index contributed by atoms with van der Waals surface area (Å²) in [5.41, 5.74) is 0. The molecule has 0 radical (unpaired) electrons. The van der Waals surface area contributed by atoms with E-state index in [4.69, 9.17) is 4.74 Å². The van der Waals surface area contributed by atoms with E-state index in [1.54, 1.807) is 0 Å². The topological polar surface area (TPSA) is 12.5 Å². The summed E-state index contributed by atoms with van der Waals surface area (Å²) in [4.78, 5) is 3.91. The van der Waals surface area contributed by atoms with Gasteiger partial charge in [-0.15, -0.1) is 11.8 Å². The third kappa shape index (κ3) is 5.01. The van der Waals surface area contributed by atoms with Crippen LogP contribution in [0.3, 0.4) is 0 Å². The van der Waals surface area contributed by atoms with Crippen LogP contribution in [0.15, 0.2) is 35.2 Å². The van der Waals surface area contributed by atoms with Crippen molar-refractivity contribution in [3.05, 3.63) is 30.3 Å². The molecule has 1 fully saturated rings. The zero-order chi connectivity index (χ0) is 12.6. The first-order chi connectivity index (χ1) is 8.84. The van der Waals surface area contributed by atoms with Gasteiger partial charge in [-0.25, -0.2) is 0 Å². The first-order valence-electron chi connectivity index (χ1n) is 6.82. The Morgan fingerprint density at radius 2 is 1.94 bits per heavy atom. The molecule has 18 heavy (non-hydrogen) atoms. The molecule has 0 bridgehead atoms. The minimum Gasteiger partial charge on any atom is -0.379 e. The maximum atomic E-state index is 5.37. The van der Waals surface area contributed by atoms with E-state index in [1.807, 2.05) is 11.8 Å². The van der Waals surface area contributed by atoms with Gasteiger partial charge in [-0.2, -0.15) is 0 Å². The van der Waals surface area contributed by atoms with Gasteiger partial charge in [-0.1, -0.05) is 25.1 Å². The molecule has 1 aliphatic heterocycles. The molecule has 1 aromatic carbocycles. The highest BCUT2D eigenvalue weighted by Crippen LogP contribution is 2.21. The number of thioether (sulfide) groups is 1. The summed E-state index contributed by atoms with van der Waals surface area (Å²) < 4.78 is 5.37. The summed E-state index contributed by atoms with van der Waals surface area (Å²) in [5, 5.41) is 0. The summed E-state index contributed by atoms with van der Waals surface area (Å²) in [7, 11) is 0. The molecule has 0 aliphatic carbocycles. The number of ether oxygens (including phenoxy) is 1. The lowest BCUT2D eigenvalue weighted by molar-refractivity contribution is 0.0360. The Hall–Kier alpha value is -0.510. The highest BCUT2D eigenvalue weighted by molar-refractivity contribution is 7.99. The van der Waals surface area contributed by atoms with Crippen LogP contribution in [0.25, 0.3) is 0 Å². The molecule has 0 unspecified atom stereocenters. The van der Waals surface area contributed by atoms with Crippen LogP contribution in [0.2, 0.25) is 0 Å². The minimum absolute atomic E-state index is 0.776. The van der Waals surface area contributed by atoms with Gasteiger partial charge in [-0.05, 0) is 31.0 Å². The summed E-state index contributed by atoms with van der Waals surface area (Å²) in [6.45, 7) is 7.62. The average Bonchev–Trinajstić information content (AvgIpc) is 2.45. The van der Waals surface area contributed by atoms with Gasteiger partial charge in [0.2, 0.25) is 0 Å². The monoisotopic (exact) mass is 265 g/mol. The van der Waals surface area contributed by atoms with Crippen LogP contribution in [0.4, 0.5) is 0 Å². The zero-order valence-corrected chi connectivity index (χ0v) is 12.0. The SMILES string of the molecule is C[C@@H](CCN1CCOCC1)CSc1ccccc1. The Morgan fingerprint density at radius 3 is 2.67 bits per heavy atom. The Bertz CT molecular complexity index is 325. The minimum atomic E-state index is 0.776. The zero-order valence-electron chi connectivity index (χ0n) is 11.2. The van der Waals surface area contributed by atoms with Crippen molar-refractivity contribution in [2.75, 3.05) is 38.6 Å². The van der Waals surface area contributed by atoms with E-state index in [2.05, 4.69) is 42.2 Å². The molecule has 0 spiro atoms. The van der Waals surface area contributed by atoms with Gasteiger partial charge in [0, 0.05) is 23.7 Å². The second-order valence-corrected chi connectivity index (χ2v) is 6.07. The fourth-order valence-electron chi connectivity index (χ4n) is 2.07. The highest BCUT2D eigenvalue weighted by Gasteiger charge is 2.11. The van der Waals surface area contributed by atoms with Crippen molar-refractivity contribution in [3.8, 4) is 0 Å². The van der Waals surface area contributed by atoms with Crippen molar-refractivity contribution in [1.82, 2.24) is 4.90 Å². The van der Waals surface area contributed by atoms with Crippen LogP contribution in [0.5, 0.6) is 0 Å². The predicted octanol–water partition coefficient (Wildman–Crippen LogP) is 3.14. The number of hydrogen-bond donors (Lipinski definition) is 0. The van der Waals surface area contributed by atoms with Crippen LogP contribution < -0.4 is 0 Å². The van der Waals surface area contributed by atoms with Crippen LogP contribution in [0.1, 0.15) is 13.3 Å². The van der Waals surface area contributed by atoms with Crippen molar-refractivity contribution in [2.45, 2.75) is 18.2 Å². The lowest BCUT2D eigenvalue weighted by atomic mass is 10.1. The molecule has 1 saturated heterocycles.